The van der Waals surface area contributed by atoms with Crippen LogP contribution in [0.5, 0.6) is 0 Å². The van der Waals surface area contributed by atoms with Crippen molar-refractivity contribution in [3.63, 3.8) is 0 Å². The molecule has 14 heavy (non-hydrogen) atoms. The lowest BCUT2D eigenvalue weighted by Gasteiger charge is -1.85. The molecule has 68 valence electrons. The molecular formula is C9H5N3O2. The fraction of sp³-hybridized carbons (Fsp3) is 0. The van der Waals surface area contributed by atoms with E-state index in [1.54, 1.807) is 18.3 Å². The number of nitrogens with zero attached hydrogens (tertiary/aromatic N) is 2. The Morgan fingerprint density at radius 1 is 1.29 bits per heavy atom. The number of aromatic nitrogens is 3. The minimum Gasteiger partial charge on any atom is -0.451 e. The van der Waals surface area contributed by atoms with E-state index in [2.05, 4.69) is 15.0 Å². The second-order valence-corrected chi connectivity index (χ2v) is 2.88. The molecule has 3 heterocycles. The number of rotatable bonds is 0. The van der Waals surface area contributed by atoms with E-state index in [0.29, 0.717) is 22.2 Å². The smallest absolute Gasteiger partial charge is 0.345 e. The maximum atomic E-state index is 11.0. The first-order valence-electron chi connectivity index (χ1n) is 4.07. The van der Waals surface area contributed by atoms with Gasteiger partial charge in [-0.3, -0.25) is 4.98 Å². The van der Waals surface area contributed by atoms with Gasteiger partial charge in [-0.2, -0.15) is 4.98 Å². The largest absolute Gasteiger partial charge is 0.451 e. The highest BCUT2D eigenvalue weighted by Crippen LogP contribution is 2.22. The molecule has 0 fully saturated rings. The average Bonchev–Trinajstić information content (AvgIpc) is 2.56. The quantitative estimate of drug-likeness (QED) is 0.571. The molecule has 0 saturated heterocycles. The van der Waals surface area contributed by atoms with Crippen molar-refractivity contribution in [2.45, 2.75) is 0 Å². The van der Waals surface area contributed by atoms with Gasteiger partial charge in [0.25, 0.3) is 0 Å². The number of H-pyrrole nitrogens is 1. The summed E-state index contributed by atoms with van der Waals surface area (Å²) in [7, 11) is 0. The second-order valence-electron chi connectivity index (χ2n) is 2.88. The molecule has 0 saturated carbocycles. The third-order valence-corrected chi connectivity index (χ3v) is 2.00. The third-order valence-electron chi connectivity index (χ3n) is 2.00. The van der Waals surface area contributed by atoms with E-state index in [1.807, 2.05) is 0 Å². The number of aromatic amines is 1. The van der Waals surface area contributed by atoms with Gasteiger partial charge in [0.2, 0.25) is 0 Å². The molecule has 5 heteroatoms. The molecule has 3 aromatic rings. The van der Waals surface area contributed by atoms with E-state index in [0.717, 1.165) is 0 Å². The Morgan fingerprint density at radius 3 is 3.14 bits per heavy atom. The van der Waals surface area contributed by atoms with E-state index in [9.17, 15) is 4.79 Å². The third kappa shape index (κ3) is 0.861. The molecule has 0 aliphatic heterocycles. The van der Waals surface area contributed by atoms with Crippen LogP contribution in [0.1, 0.15) is 0 Å². The molecule has 0 aliphatic carbocycles. The van der Waals surface area contributed by atoms with Crippen LogP contribution in [-0.2, 0) is 0 Å². The summed E-state index contributed by atoms with van der Waals surface area (Å²) in [6.07, 6.45) is 3.05. The van der Waals surface area contributed by atoms with Gasteiger partial charge in [-0.15, -0.1) is 0 Å². The molecule has 1 N–H and O–H groups in total. The maximum absolute atomic E-state index is 11.0. The molecule has 0 aromatic carbocycles. The molecule has 3 aromatic heterocycles. The fourth-order valence-electron chi connectivity index (χ4n) is 1.42. The van der Waals surface area contributed by atoms with Crippen LogP contribution in [0.4, 0.5) is 0 Å². The Labute approximate surface area is 77.4 Å². The summed E-state index contributed by atoms with van der Waals surface area (Å²) in [5.41, 5.74) is 2.04. The van der Waals surface area contributed by atoms with Gasteiger partial charge in [0.1, 0.15) is 11.0 Å². The van der Waals surface area contributed by atoms with E-state index in [-0.39, 0.29) is 0 Å². The lowest BCUT2D eigenvalue weighted by Crippen LogP contribution is -2.07. The summed E-state index contributed by atoms with van der Waals surface area (Å²) in [4.78, 5) is 21.3. The molecule has 0 bridgehead atoms. The summed E-state index contributed by atoms with van der Waals surface area (Å²) in [6.45, 7) is 0. The molecule has 5 nitrogen and oxygen atoms in total. The van der Waals surface area contributed by atoms with Crippen molar-refractivity contribution in [3.8, 4) is 0 Å². The van der Waals surface area contributed by atoms with Crippen molar-refractivity contribution in [3.05, 3.63) is 35.0 Å². The van der Waals surface area contributed by atoms with Crippen molar-refractivity contribution >= 4 is 22.2 Å². The van der Waals surface area contributed by atoms with Gasteiger partial charge < -0.3 is 9.40 Å². The van der Waals surface area contributed by atoms with Crippen molar-refractivity contribution in [1.82, 2.24) is 15.0 Å². The Hall–Kier alpha value is -2.17. The molecule has 0 aliphatic rings. The Kier molecular flexibility index (Phi) is 1.25. The summed E-state index contributed by atoms with van der Waals surface area (Å²) in [5.74, 6) is 0. The van der Waals surface area contributed by atoms with Gasteiger partial charge in [-0.25, -0.2) is 4.79 Å². The minimum absolute atomic E-state index is 0.397. The lowest BCUT2D eigenvalue weighted by atomic mass is 10.3. The maximum Gasteiger partial charge on any atom is 0.345 e. The van der Waals surface area contributed by atoms with Gasteiger partial charge in [-0.05, 0) is 12.1 Å². The summed E-state index contributed by atoms with van der Waals surface area (Å²) < 4.78 is 5.41. The van der Waals surface area contributed by atoms with Gasteiger partial charge >= 0.3 is 5.69 Å². The first kappa shape index (κ1) is 7.25. The molecule has 0 spiro atoms. The van der Waals surface area contributed by atoms with Crippen LogP contribution in [0, 0.1) is 0 Å². The van der Waals surface area contributed by atoms with Crippen molar-refractivity contribution in [1.29, 1.82) is 0 Å². The zero-order valence-electron chi connectivity index (χ0n) is 7.02. The Bertz CT molecular complexity index is 668. The van der Waals surface area contributed by atoms with Crippen LogP contribution in [0.2, 0.25) is 0 Å². The number of fused-ring (bicyclic) bond motifs is 3. The molecule has 3 rings (SSSR count). The number of hydrogen-bond acceptors (Lipinski definition) is 4. The van der Waals surface area contributed by atoms with Crippen molar-refractivity contribution in [2.24, 2.45) is 0 Å². The first-order chi connectivity index (χ1) is 6.84. The number of nitrogens with one attached hydrogen (secondary N) is 1. The van der Waals surface area contributed by atoms with Crippen LogP contribution >= 0.6 is 0 Å². The minimum atomic E-state index is -0.397. The normalized spacial score (nSPS) is 11.1. The number of pyridine rings is 1. The van der Waals surface area contributed by atoms with E-state index in [4.69, 9.17) is 4.42 Å². The van der Waals surface area contributed by atoms with Gasteiger partial charge in [0.05, 0.1) is 6.20 Å². The van der Waals surface area contributed by atoms with E-state index < -0.39 is 5.69 Å². The van der Waals surface area contributed by atoms with E-state index >= 15 is 0 Å². The standard InChI is InChI=1S/C9H5N3O2/c13-9-11-4-6-8(12-9)7-5(14-6)2-1-3-10-7/h1-4H,(H,11,12,13). The monoisotopic (exact) mass is 187 g/mol. The summed E-state index contributed by atoms with van der Waals surface area (Å²) in [6, 6.07) is 3.57. The predicted molar refractivity (Wildman–Crippen MR) is 49.9 cm³/mol. The zero-order chi connectivity index (χ0) is 9.54. The van der Waals surface area contributed by atoms with E-state index in [1.165, 1.54) is 6.20 Å². The SMILES string of the molecule is O=c1ncc2oc3cccnc3c2[nH]1. The van der Waals surface area contributed by atoms with Gasteiger partial charge in [0, 0.05) is 6.20 Å². The second kappa shape index (κ2) is 2.41. The van der Waals surface area contributed by atoms with Gasteiger partial charge in [0.15, 0.2) is 11.2 Å². The van der Waals surface area contributed by atoms with Crippen LogP contribution in [0.3, 0.4) is 0 Å². The number of furan rings is 1. The number of hydrogen-bond donors (Lipinski definition) is 1. The van der Waals surface area contributed by atoms with Gasteiger partial charge in [-0.1, -0.05) is 0 Å². The Balaban J connectivity index is 2.65. The predicted octanol–water partition coefficient (Wildman–Crippen LogP) is 1.06. The van der Waals surface area contributed by atoms with Crippen LogP contribution in [0.25, 0.3) is 22.2 Å². The molecule has 0 atom stereocenters. The van der Waals surface area contributed by atoms with Crippen molar-refractivity contribution in [2.75, 3.05) is 0 Å². The highest BCUT2D eigenvalue weighted by Gasteiger charge is 2.07. The van der Waals surface area contributed by atoms with Crippen LogP contribution in [0.15, 0.2) is 33.7 Å². The van der Waals surface area contributed by atoms with Crippen LogP contribution in [-0.4, -0.2) is 15.0 Å². The lowest BCUT2D eigenvalue weighted by molar-refractivity contribution is 0.664. The topological polar surface area (TPSA) is 71.8 Å². The fourth-order valence-corrected chi connectivity index (χ4v) is 1.42. The molecule has 0 radical (unpaired) electrons. The molecular weight excluding hydrogens is 182 g/mol. The Morgan fingerprint density at radius 2 is 2.21 bits per heavy atom. The highest BCUT2D eigenvalue weighted by atomic mass is 16.3. The summed E-state index contributed by atoms with van der Waals surface area (Å²) >= 11 is 0. The highest BCUT2D eigenvalue weighted by molar-refractivity contribution is 5.98. The molecule has 0 unspecified atom stereocenters. The van der Waals surface area contributed by atoms with Crippen molar-refractivity contribution < 1.29 is 4.42 Å². The zero-order valence-corrected chi connectivity index (χ0v) is 7.02. The molecule has 0 amide bonds. The summed E-state index contributed by atoms with van der Waals surface area (Å²) in [5, 5.41) is 0. The first-order valence-corrected chi connectivity index (χ1v) is 4.07. The average molecular weight is 187 g/mol. The van der Waals surface area contributed by atoms with Crippen LogP contribution < -0.4 is 5.69 Å².